The molecule has 0 heterocycles. The third-order valence-electron chi connectivity index (χ3n) is 5.99. The van der Waals surface area contributed by atoms with Crippen LogP contribution in [0, 0.1) is 11.8 Å². The molecule has 0 amide bonds. The zero-order valence-electron chi connectivity index (χ0n) is 16.3. The van der Waals surface area contributed by atoms with Gasteiger partial charge < -0.3 is 0 Å². The average molecular weight is 404 g/mol. The SMILES string of the molecule is CC1CCCCCC1CCN(Cc1ccc(Cl)cc1)Cc1ccc(Cl)cc1. The van der Waals surface area contributed by atoms with Crippen molar-refractivity contribution >= 4 is 23.2 Å². The van der Waals surface area contributed by atoms with Gasteiger partial charge in [-0.1, -0.05) is 86.5 Å². The van der Waals surface area contributed by atoms with Crippen LogP contribution in [0.5, 0.6) is 0 Å². The van der Waals surface area contributed by atoms with Gasteiger partial charge in [0.05, 0.1) is 0 Å². The average Bonchev–Trinajstić information content (AvgIpc) is 2.87. The van der Waals surface area contributed by atoms with Gasteiger partial charge in [-0.15, -0.1) is 0 Å². The highest BCUT2D eigenvalue weighted by Crippen LogP contribution is 2.31. The van der Waals surface area contributed by atoms with Gasteiger partial charge in [-0.2, -0.15) is 0 Å². The van der Waals surface area contributed by atoms with Crippen molar-refractivity contribution in [1.29, 1.82) is 0 Å². The zero-order valence-corrected chi connectivity index (χ0v) is 17.9. The van der Waals surface area contributed by atoms with Crippen LogP contribution in [0.25, 0.3) is 0 Å². The van der Waals surface area contributed by atoms with Crippen LogP contribution in [0.15, 0.2) is 48.5 Å². The van der Waals surface area contributed by atoms with Crippen molar-refractivity contribution in [2.75, 3.05) is 6.54 Å². The highest BCUT2D eigenvalue weighted by Gasteiger charge is 2.20. The monoisotopic (exact) mass is 403 g/mol. The largest absolute Gasteiger partial charge is 0.295 e. The van der Waals surface area contributed by atoms with Gasteiger partial charge in [0.2, 0.25) is 0 Å². The molecule has 1 nitrogen and oxygen atoms in total. The van der Waals surface area contributed by atoms with Crippen molar-refractivity contribution in [1.82, 2.24) is 4.90 Å². The van der Waals surface area contributed by atoms with E-state index in [0.29, 0.717) is 0 Å². The minimum Gasteiger partial charge on any atom is -0.295 e. The van der Waals surface area contributed by atoms with Crippen molar-refractivity contribution < 1.29 is 0 Å². The number of nitrogens with zero attached hydrogens (tertiary/aromatic N) is 1. The molecule has 27 heavy (non-hydrogen) atoms. The molecule has 2 atom stereocenters. The number of hydrogen-bond donors (Lipinski definition) is 0. The van der Waals surface area contributed by atoms with Gasteiger partial charge >= 0.3 is 0 Å². The molecule has 1 aliphatic carbocycles. The number of rotatable bonds is 7. The van der Waals surface area contributed by atoms with E-state index in [1.165, 1.54) is 49.7 Å². The van der Waals surface area contributed by atoms with E-state index < -0.39 is 0 Å². The summed E-state index contributed by atoms with van der Waals surface area (Å²) in [5.41, 5.74) is 2.64. The van der Waals surface area contributed by atoms with Crippen LogP contribution in [0.1, 0.15) is 56.6 Å². The van der Waals surface area contributed by atoms with Gasteiger partial charge in [0.25, 0.3) is 0 Å². The van der Waals surface area contributed by atoms with Crippen LogP contribution >= 0.6 is 23.2 Å². The third-order valence-corrected chi connectivity index (χ3v) is 6.50. The van der Waals surface area contributed by atoms with Crippen LogP contribution in [-0.2, 0) is 13.1 Å². The Labute approximate surface area is 174 Å². The lowest BCUT2D eigenvalue weighted by atomic mass is 9.87. The van der Waals surface area contributed by atoms with E-state index in [-0.39, 0.29) is 0 Å². The molecule has 2 aromatic rings. The lowest BCUT2D eigenvalue weighted by molar-refractivity contribution is 0.210. The van der Waals surface area contributed by atoms with Crippen LogP contribution in [0.3, 0.4) is 0 Å². The van der Waals surface area contributed by atoms with Gasteiger partial charge in [0, 0.05) is 23.1 Å². The van der Waals surface area contributed by atoms with E-state index in [9.17, 15) is 0 Å². The number of halogens is 2. The lowest BCUT2D eigenvalue weighted by Crippen LogP contribution is -2.27. The summed E-state index contributed by atoms with van der Waals surface area (Å²) in [5.74, 6) is 1.73. The van der Waals surface area contributed by atoms with E-state index in [4.69, 9.17) is 23.2 Å². The van der Waals surface area contributed by atoms with Gasteiger partial charge in [-0.25, -0.2) is 0 Å². The van der Waals surface area contributed by atoms with Crippen molar-refractivity contribution in [2.45, 2.75) is 58.5 Å². The molecule has 1 fully saturated rings. The van der Waals surface area contributed by atoms with Crippen molar-refractivity contribution in [3.63, 3.8) is 0 Å². The molecular formula is C24H31Cl2N. The maximum absolute atomic E-state index is 6.06. The second-order valence-corrected chi connectivity index (χ2v) is 9.00. The van der Waals surface area contributed by atoms with E-state index in [2.05, 4.69) is 36.1 Å². The molecule has 0 radical (unpaired) electrons. The Bertz CT molecular complexity index is 633. The molecule has 2 unspecified atom stereocenters. The Morgan fingerprint density at radius 1 is 0.778 bits per heavy atom. The van der Waals surface area contributed by atoms with Crippen LogP contribution < -0.4 is 0 Å². The van der Waals surface area contributed by atoms with Crippen molar-refractivity contribution in [3.8, 4) is 0 Å². The molecule has 3 heteroatoms. The predicted molar refractivity (Wildman–Crippen MR) is 117 cm³/mol. The summed E-state index contributed by atoms with van der Waals surface area (Å²) >= 11 is 12.1. The summed E-state index contributed by atoms with van der Waals surface area (Å²) in [7, 11) is 0. The second-order valence-electron chi connectivity index (χ2n) is 8.13. The molecule has 0 N–H and O–H groups in total. The molecule has 0 spiro atoms. The van der Waals surface area contributed by atoms with Gasteiger partial charge in [-0.05, 0) is 60.2 Å². The molecule has 1 saturated carbocycles. The summed E-state index contributed by atoms with van der Waals surface area (Å²) in [6.45, 7) is 5.51. The van der Waals surface area contributed by atoms with Crippen molar-refractivity contribution in [3.05, 3.63) is 69.7 Å². The zero-order chi connectivity index (χ0) is 19.1. The summed E-state index contributed by atoms with van der Waals surface area (Å²) in [4.78, 5) is 2.57. The first-order valence-electron chi connectivity index (χ1n) is 10.3. The van der Waals surface area contributed by atoms with Crippen LogP contribution in [0.2, 0.25) is 10.0 Å². The molecule has 0 aliphatic heterocycles. The standard InChI is InChI=1S/C24H31Cl2N/c1-19-5-3-2-4-6-22(19)15-16-27(17-20-7-11-23(25)12-8-20)18-21-9-13-24(26)14-10-21/h7-14,19,22H,2-6,15-18H2,1H3. The first-order valence-corrected chi connectivity index (χ1v) is 11.1. The van der Waals surface area contributed by atoms with Crippen molar-refractivity contribution in [2.24, 2.45) is 11.8 Å². The lowest BCUT2D eigenvalue weighted by Gasteiger charge is -2.27. The molecule has 0 saturated heterocycles. The Hall–Kier alpha value is -1.02. The fourth-order valence-corrected chi connectivity index (χ4v) is 4.51. The molecule has 2 aromatic carbocycles. The Morgan fingerprint density at radius 3 is 1.85 bits per heavy atom. The van der Waals surface area contributed by atoms with Crippen LogP contribution in [0.4, 0.5) is 0 Å². The minimum absolute atomic E-state index is 0.801. The highest BCUT2D eigenvalue weighted by atomic mass is 35.5. The smallest absolute Gasteiger partial charge is 0.0406 e. The Morgan fingerprint density at radius 2 is 1.30 bits per heavy atom. The predicted octanol–water partition coefficient (Wildman–Crippen LogP) is 7.60. The maximum atomic E-state index is 6.06. The Balaban J connectivity index is 1.65. The number of benzene rings is 2. The van der Waals surface area contributed by atoms with E-state index in [0.717, 1.165) is 41.5 Å². The second kappa shape index (κ2) is 10.5. The van der Waals surface area contributed by atoms with Gasteiger partial charge in [-0.3, -0.25) is 4.90 Å². The quantitative estimate of drug-likeness (QED) is 0.430. The molecular weight excluding hydrogens is 373 g/mol. The summed E-state index contributed by atoms with van der Waals surface area (Å²) in [6.07, 6.45) is 8.33. The molecule has 3 rings (SSSR count). The third kappa shape index (κ3) is 6.82. The van der Waals surface area contributed by atoms with Gasteiger partial charge in [0.15, 0.2) is 0 Å². The summed E-state index contributed by atoms with van der Waals surface area (Å²) in [6, 6.07) is 16.5. The maximum Gasteiger partial charge on any atom is 0.0406 e. The van der Waals surface area contributed by atoms with E-state index in [1.54, 1.807) is 0 Å². The normalized spacial score (nSPS) is 20.6. The van der Waals surface area contributed by atoms with E-state index >= 15 is 0 Å². The Kier molecular flexibility index (Phi) is 8.06. The fourth-order valence-electron chi connectivity index (χ4n) is 4.26. The first-order chi connectivity index (χ1) is 13.1. The summed E-state index contributed by atoms with van der Waals surface area (Å²) in [5, 5.41) is 1.60. The van der Waals surface area contributed by atoms with E-state index in [1.807, 2.05) is 24.3 Å². The topological polar surface area (TPSA) is 3.24 Å². The fraction of sp³-hybridized carbons (Fsp3) is 0.500. The number of hydrogen-bond acceptors (Lipinski definition) is 1. The van der Waals surface area contributed by atoms with Gasteiger partial charge in [0.1, 0.15) is 0 Å². The first kappa shape index (κ1) is 20.7. The van der Waals surface area contributed by atoms with Crippen LogP contribution in [-0.4, -0.2) is 11.4 Å². The molecule has 0 aromatic heterocycles. The molecule has 1 aliphatic rings. The molecule has 0 bridgehead atoms. The minimum atomic E-state index is 0.801. The highest BCUT2D eigenvalue weighted by molar-refractivity contribution is 6.30. The molecule has 146 valence electrons. The summed E-state index contributed by atoms with van der Waals surface area (Å²) < 4.78 is 0.